The number of esters is 8. The van der Waals surface area contributed by atoms with Crippen LogP contribution >= 0.6 is 0 Å². The van der Waals surface area contributed by atoms with Crippen LogP contribution in [-0.2, 0) is 82.7 Å². The van der Waals surface area contributed by atoms with Gasteiger partial charge in [-0.15, -0.1) is 0 Å². The van der Waals surface area contributed by atoms with Crippen molar-refractivity contribution >= 4 is 69.3 Å². The van der Waals surface area contributed by atoms with Crippen molar-refractivity contribution in [2.24, 2.45) is 0 Å². The molecule has 4 aromatic rings. The second-order valence-corrected chi connectivity index (χ2v) is 17.7. The lowest BCUT2D eigenvalue weighted by molar-refractivity contribution is -0.146. The predicted molar refractivity (Wildman–Crippen MR) is 284 cm³/mol. The SMILES string of the molecule is C=C(CC(=O)OC)C(=O)OCC(O)COc1ccc2ccc(OCC(O)COC(=O)C(=C)CC(=O)OC)c(Cc3c(OCC(O)COC(=O)C(=C)CC(=O)OC)ccc4ccc(OCC(O)COC(=O)C(=C)CC(=O)OC)cc34)c2c1. The Morgan fingerprint density at radius 1 is 0.383 bits per heavy atom. The van der Waals surface area contributed by atoms with E-state index in [4.69, 9.17) is 37.9 Å². The van der Waals surface area contributed by atoms with Crippen molar-refractivity contribution in [2.45, 2.75) is 56.5 Å². The Morgan fingerprint density at radius 2 is 0.642 bits per heavy atom. The van der Waals surface area contributed by atoms with Gasteiger partial charge in [0.15, 0.2) is 0 Å². The van der Waals surface area contributed by atoms with E-state index in [0.717, 1.165) is 28.4 Å². The quantitative estimate of drug-likeness (QED) is 0.0296. The zero-order chi connectivity index (χ0) is 59.8. The van der Waals surface area contributed by atoms with Crippen LogP contribution in [0.5, 0.6) is 23.0 Å². The van der Waals surface area contributed by atoms with Crippen LogP contribution in [0.25, 0.3) is 21.5 Å². The van der Waals surface area contributed by atoms with E-state index in [2.05, 4.69) is 45.3 Å². The first-order valence-corrected chi connectivity index (χ1v) is 24.6. The van der Waals surface area contributed by atoms with Crippen molar-refractivity contribution in [1.29, 1.82) is 0 Å². The largest absolute Gasteiger partial charge is 0.491 e. The summed E-state index contributed by atoms with van der Waals surface area (Å²) in [5, 5.41) is 45.7. The van der Waals surface area contributed by atoms with Gasteiger partial charge in [0.05, 0.1) is 54.1 Å². The molecule has 0 saturated carbocycles. The highest BCUT2D eigenvalue weighted by molar-refractivity contribution is 5.96. The highest BCUT2D eigenvalue weighted by Gasteiger charge is 2.23. The van der Waals surface area contributed by atoms with Crippen molar-refractivity contribution in [3.63, 3.8) is 0 Å². The Balaban J connectivity index is 1.74. The molecule has 24 nitrogen and oxygen atoms in total. The molecule has 4 aromatic carbocycles. The van der Waals surface area contributed by atoms with Gasteiger partial charge in [-0.1, -0.05) is 50.6 Å². The van der Waals surface area contributed by atoms with Gasteiger partial charge in [0.1, 0.15) is 100 Å². The number of hydrogen-bond acceptors (Lipinski definition) is 24. The minimum atomic E-state index is -1.42. The van der Waals surface area contributed by atoms with Crippen LogP contribution in [-0.4, -0.2) is 174 Å². The van der Waals surface area contributed by atoms with E-state index < -0.39 is 137 Å². The Hall–Kier alpha value is -8.84. The summed E-state index contributed by atoms with van der Waals surface area (Å²) in [6, 6.07) is 16.5. The van der Waals surface area contributed by atoms with E-state index in [-0.39, 0.29) is 64.9 Å². The van der Waals surface area contributed by atoms with E-state index in [0.29, 0.717) is 32.7 Å². The molecular weight excluding hydrogens is 1070 g/mol. The fraction of sp³-hybridized carbons (Fsp3) is 0.368. The Morgan fingerprint density at radius 3 is 0.914 bits per heavy atom. The summed E-state index contributed by atoms with van der Waals surface area (Å²) in [6.45, 7) is 10.2. The summed E-state index contributed by atoms with van der Waals surface area (Å²) < 4.78 is 63.1. The number of benzene rings is 4. The molecule has 0 saturated heterocycles. The third-order valence-electron chi connectivity index (χ3n) is 11.3. The second-order valence-electron chi connectivity index (χ2n) is 17.7. The first-order chi connectivity index (χ1) is 38.5. The Kier molecular flexibility index (Phi) is 25.8. The van der Waals surface area contributed by atoms with Crippen molar-refractivity contribution in [2.75, 3.05) is 81.3 Å². The molecular formula is C57H64O24. The van der Waals surface area contributed by atoms with Gasteiger partial charge in [-0.3, -0.25) is 19.2 Å². The minimum Gasteiger partial charge on any atom is -0.491 e. The standard InChI is InChI=1S/C57H64O24/c1-32(17-50(62)70-5)54(66)78-28-38(58)24-74-42-13-9-36-11-15-48(76-26-40(60)30-80-56(68)34(3)19-52(64)72-7)46(44(36)21-42)23-47-45-22-43(75-25-39(59)29-79-55(67)33(2)18-51(63)71-6)14-10-37(45)12-16-49(47)77-27-41(61)31-81-57(69)35(4)20-53(65)73-8/h9-16,21-22,38-41,58-61H,1-4,17-20,23-31H2,5-8H3. The molecule has 0 bridgehead atoms. The first-order valence-electron chi connectivity index (χ1n) is 24.6. The third-order valence-corrected chi connectivity index (χ3v) is 11.3. The van der Waals surface area contributed by atoms with Crippen LogP contribution in [0.3, 0.4) is 0 Å². The van der Waals surface area contributed by atoms with E-state index >= 15 is 0 Å². The molecule has 24 heteroatoms. The molecule has 4 atom stereocenters. The van der Waals surface area contributed by atoms with Gasteiger partial charge >= 0.3 is 47.8 Å². The molecule has 0 aliphatic carbocycles. The molecule has 0 aliphatic rings. The topological polar surface area (TPSA) is 328 Å². The second kappa shape index (κ2) is 32.3. The molecule has 0 radical (unpaired) electrons. The van der Waals surface area contributed by atoms with E-state index in [1.54, 1.807) is 60.7 Å². The zero-order valence-corrected chi connectivity index (χ0v) is 45.1. The summed E-state index contributed by atoms with van der Waals surface area (Å²) in [5.74, 6) is -5.86. The van der Waals surface area contributed by atoms with Crippen molar-refractivity contribution in [1.82, 2.24) is 0 Å². The number of ether oxygens (including phenoxy) is 12. The van der Waals surface area contributed by atoms with Gasteiger partial charge in [-0.25, -0.2) is 19.2 Å². The number of fused-ring (bicyclic) bond motifs is 2. The number of hydrogen-bond donors (Lipinski definition) is 4. The molecule has 4 unspecified atom stereocenters. The summed E-state index contributed by atoms with van der Waals surface area (Å²) in [7, 11) is 4.57. The molecule has 0 aromatic heterocycles. The number of rotatable bonds is 34. The molecule has 0 fully saturated rings. The van der Waals surface area contributed by atoms with Crippen molar-refractivity contribution in [3.05, 3.63) is 120 Å². The van der Waals surface area contributed by atoms with E-state index in [9.17, 15) is 58.8 Å². The summed E-state index contributed by atoms with van der Waals surface area (Å²) in [6.07, 6.45) is -7.35. The highest BCUT2D eigenvalue weighted by Crippen LogP contribution is 2.39. The summed E-state index contributed by atoms with van der Waals surface area (Å²) in [4.78, 5) is 96.5. The maximum atomic E-state index is 12.6. The molecule has 4 rings (SSSR count). The molecule has 0 aliphatic heterocycles. The fourth-order valence-electron chi connectivity index (χ4n) is 6.99. The lowest BCUT2D eigenvalue weighted by Gasteiger charge is -2.21. The van der Waals surface area contributed by atoms with Crippen molar-refractivity contribution in [3.8, 4) is 23.0 Å². The lowest BCUT2D eigenvalue weighted by Crippen LogP contribution is -2.26. The first kappa shape index (κ1) is 64.7. The number of aliphatic hydroxyl groups excluding tert-OH is 4. The van der Waals surface area contributed by atoms with Gasteiger partial charge < -0.3 is 77.3 Å². The number of carbonyl (C=O) groups is 8. The van der Waals surface area contributed by atoms with Crippen molar-refractivity contribution < 1.29 is 116 Å². The smallest absolute Gasteiger partial charge is 0.334 e. The normalized spacial score (nSPS) is 12.2. The van der Waals surface area contributed by atoms with Gasteiger partial charge in [-0.05, 0) is 57.9 Å². The van der Waals surface area contributed by atoms with E-state index in [1.165, 1.54) is 0 Å². The minimum absolute atomic E-state index is 0.0782. The Bertz CT molecular complexity index is 2770. The molecule has 436 valence electrons. The van der Waals surface area contributed by atoms with Gasteiger partial charge in [0.2, 0.25) is 0 Å². The summed E-state index contributed by atoms with van der Waals surface area (Å²) in [5.41, 5.74) is 0.0502. The molecule has 81 heavy (non-hydrogen) atoms. The van der Waals surface area contributed by atoms with Crippen LogP contribution in [0, 0.1) is 0 Å². The van der Waals surface area contributed by atoms with Crippen LogP contribution in [0.1, 0.15) is 36.8 Å². The number of carbonyl (C=O) groups excluding carboxylic acids is 8. The molecule has 0 spiro atoms. The van der Waals surface area contributed by atoms with Crippen LogP contribution in [0.15, 0.2) is 109 Å². The molecule has 4 N–H and O–H groups in total. The van der Waals surface area contributed by atoms with E-state index in [1.807, 2.05) is 0 Å². The predicted octanol–water partition coefficient (Wildman–Crippen LogP) is 3.19. The summed E-state index contributed by atoms with van der Waals surface area (Å²) >= 11 is 0. The Labute approximate surface area is 464 Å². The third kappa shape index (κ3) is 21.0. The van der Waals surface area contributed by atoms with Gasteiger partial charge in [0.25, 0.3) is 0 Å². The zero-order valence-electron chi connectivity index (χ0n) is 45.1. The number of aliphatic hydroxyl groups is 4. The van der Waals surface area contributed by atoms with Crippen LogP contribution < -0.4 is 18.9 Å². The van der Waals surface area contributed by atoms with Gasteiger partial charge in [-0.2, -0.15) is 0 Å². The molecule has 0 amide bonds. The van der Waals surface area contributed by atoms with Crippen LogP contribution in [0.4, 0.5) is 0 Å². The van der Waals surface area contributed by atoms with Crippen LogP contribution in [0.2, 0.25) is 0 Å². The average molecular weight is 1130 g/mol. The number of methoxy groups -OCH3 is 4. The molecule has 0 heterocycles. The maximum absolute atomic E-state index is 12.6. The maximum Gasteiger partial charge on any atom is 0.334 e. The average Bonchev–Trinajstić information content (AvgIpc) is 3.58. The fourth-order valence-corrected chi connectivity index (χ4v) is 6.99. The lowest BCUT2D eigenvalue weighted by atomic mass is 9.93. The highest BCUT2D eigenvalue weighted by atomic mass is 16.6. The van der Waals surface area contributed by atoms with Gasteiger partial charge in [0, 0.05) is 39.8 Å². The monoisotopic (exact) mass is 1130 g/mol.